The summed E-state index contributed by atoms with van der Waals surface area (Å²) < 4.78 is 6.54. The van der Waals surface area contributed by atoms with E-state index >= 15 is 0 Å². The third kappa shape index (κ3) is 2.69. The van der Waals surface area contributed by atoms with Crippen LogP contribution in [0.1, 0.15) is 0 Å². The molecule has 0 aromatic rings. The van der Waals surface area contributed by atoms with Gasteiger partial charge < -0.3 is 0 Å². The summed E-state index contributed by atoms with van der Waals surface area (Å²) >= 11 is 0. The average Bonchev–Trinajstić information content (AvgIpc) is 2.07. The Morgan fingerprint density at radius 3 is 2.17 bits per heavy atom. The van der Waals surface area contributed by atoms with Crippen LogP contribution in [-0.4, -0.2) is 11.7 Å². The van der Waals surface area contributed by atoms with E-state index in [-0.39, 0.29) is 0 Å². The fourth-order valence-corrected chi connectivity index (χ4v) is 1.04. The molecule has 1 unspecified atom stereocenters. The molecule has 0 aromatic heterocycles. The van der Waals surface area contributed by atoms with Crippen molar-refractivity contribution in [2.75, 3.05) is 0 Å². The van der Waals surface area contributed by atoms with E-state index in [1.165, 1.54) is 6.19 Å². The maximum atomic E-state index is 8.37. The van der Waals surface area contributed by atoms with Gasteiger partial charge in [-0.2, -0.15) is 15.8 Å². The van der Waals surface area contributed by atoms with Gasteiger partial charge in [-0.15, -0.1) is 0 Å². The summed E-state index contributed by atoms with van der Waals surface area (Å²) in [6.45, 7) is 0. The second kappa shape index (κ2) is 5.71. The second-order valence-corrected chi connectivity index (χ2v) is 2.95. The highest BCUT2D eigenvalue weighted by Gasteiger charge is 2.27. The third-order valence-electron chi connectivity index (χ3n) is 0.775. The molecule has 0 aromatic carbocycles. The number of nitrogens with zero attached hydrogens (tertiary/aromatic N) is 5. The van der Waals surface area contributed by atoms with Gasteiger partial charge in [0.15, 0.2) is 0 Å². The molecule has 0 spiro atoms. The van der Waals surface area contributed by atoms with Crippen LogP contribution in [0.5, 0.6) is 0 Å². The van der Waals surface area contributed by atoms with E-state index in [1.54, 1.807) is 18.1 Å². The van der Waals surface area contributed by atoms with Crippen molar-refractivity contribution in [1.82, 2.24) is 0 Å². The zero-order valence-corrected chi connectivity index (χ0v) is 6.66. The number of rotatable bonds is 2. The van der Waals surface area contributed by atoms with Gasteiger partial charge in [-0.05, 0) is 0 Å². The largest absolute Gasteiger partial charge is 0.407 e. The Labute approximate surface area is 69.4 Å². The lowest BCUT2D eigenvalue weighted by molar-refractivity contribution is 1.32. The zero-order valence-electron chi connectivity index (χ0n) is 5.76. The van der Waals surface area contributed by atoms with Crippen molar-refractivity contribution in [1.29, 1.82) is 21.2 Å². The lowest BCUT2D eigenvalue weighted by Crippen LogP contribution is -1.90. The molecule has 6 nitrogen and oxygen atoms in total. The molecule has 0 saturated heterocycles. The van der Waals surface area contributed by atoms with Crippen LogP contribution in [-0.2, 0) is 0 Å². The van der Waals surface area contributed by atoms with Gasteiger partial charge >= 0.3 is 13.5 Å². The highest BCUT2D eigenvalue weighted by Crippen LogP contribution is 2.31. The minimum absolute atomic E-state index is 1.07. The van der Waals surface area contributed by atoms with Crippen LogP contribution in [0.25, 0.3) is 0 Å². The van der Waals surface area contributed by atoms with Gasteiger partial charge in [0.2, 0.25) is 0 Å². The third-order valence-corrected chi connectivity index (χ3v) is 2.07. The highest BCUT2D eigenvalue weighted by atomic mass is 31.1. The molecule has 0 aliphatic carbocycles. The second-order valence-electron chi connectivity index (χ2n) is 1.39. The normalized spacial score (nSPS) is 9.00. The maximum Gasteiger partial charge on any atom is 0.407 e. The molecule has 0 saturated carbocycles. The van der Waals surface area contributed by atoms with Gasteiger partial charge in [0.1, 0.15) is 18.1 Å². The van der Waals surface area contributed by atoms with Gasteiger partial charge in [0, 0.05) is 9.51 Å². The summed E-state index contributed by atoms with van der Waals surface area (Å²) in [7, 11) is -1.76. The zero-order chi connectivity index (χ0) is 9.40. The smallest absolute Gasteiger partial charge is 0.238 e. The van der Waals surface area contributed by atoms with Crippen LogP contribution in [0.4, 0.5) is 0 Å². The minimum Gasteiger partial charge on any atom is -0.238 e. The SMILES string of the molecule is N#CN=[P+](N=C=N)C(C#N)C#N. The van der Waals surface area contributed by atoms with Gasteiger partial charge in [-0.3, -0.25) is 0 Å². The van der Waals surface area contributed by atoms with E-state index in [0.717, 1.165) is 0 Å². The fourth-order valence-electron chi connectivity index (χ4n) is 0.367. The average molecular weight is 177 g/mol. The van der Waals surface area contributed by atoms with Crippen molar-refractivity contribution >= 4 is 13.9 Å². The summed E-state index contributed by atoms with van der Waals surface area (Å²) in [4.78, 5) is 0. The monoisotopic (exact) mass is 177 g/mol. The predicted octanol–water partition coefficient (Wildman–Crippen LogP) is 1.22. The molecule has 1 N–H and O–H groups in total. The van der Waals surface area contributed by atoms with E-state index in [1.807, 2.05) is 0 Å². The van der Waals surface area contributed by atoms with Crippen molar-refractivity contribution in [2.45, 2.75) is 5.66 Å². The van der Waals surface area contributed by atoms with E-state index in [2.05, 4.69) is 9.51 Å². The van der Waals surface area contributed by atoms with E-state index < -0.39 is 13.5 Å². The molecule has 0 aliphatic rings. The van der Waals surface area contributed by atoms with E-state index in [0.29, 0.717) is 0 Å². The first-order valence-electron chi connectivity index (χ1n) is 2.60. The van der Waals surface area contributed by atoms with Crippen LogP contribution in [0.3, 0.4) is 0 Å². The maximum absolute atomic E-state index is 8.37. The Morgan fingerprint density at radius 1 is 1.25 bits per heavy atom. The Kier molecular flexibility index (Phi) is 4.74. The highest BCUT2D eigenvalue weighted by molar-refractivity contribution is 7.47. The molecule has 12 heavy (non-hydrogen) atoms. The molecule has 0 amide bonds. The van der Waals surface area contributed by atoms with Crippen molar-refractivity contribution in [3.05, 3.63) is 0 Å². The number of nitriles is 3. The van der Waals surface area contributed by atoms with Gasteiger partial charge in [0.25, 0.3) is 6.19 Å². The van der Waals surface area contributed by atoms with Crippen LogP contribution in [0, 0.1) is 39.5 Å². The first-order chi connectivity index (χ1) is 5.79. The van der Waals surface area contributed by atoms with Crippen LogP contribution < -0.4 is 0 Å². The topological polar surface area (TPSA) is 120 Å². The van der Waals surface area contributed by atoms with Crippen molar-refractivity contribution in [2.24, 2.45) is 9.51 Å². The minimum atomic E-state index is -1.76. The lowest BCUT2D eigenvalue weighted by Gasteiger charge is -1.76. The van der Waals surface area contributed by atoms with E-state index in [9.17, 15) is 0 Å². The molecule has 7 heteroatoms. The Morgan fingerprint density at radius 2 is 1.83 bits per heavy atom. The summed E-state index contributed by atoms with van der Waals surface area (Å²) in [6, 6.07) is 4.91. The van der Waals surface area contributed by atoms with E-state index in [4.69, 9.17) is 21.2 Å². The number of hydrogen-bond acceptors (Lipinski definition) is 5. The van der Waals surface area contributed by atoms with Crippen molar-refractivity contribution < 1.29 is 0 Å². The van der Waals surface area contributed by atoms with Crippen molar-refractivity contribution in [3.63, 3.8) is 0 Å². The quantitative estimate of drug-likeness (QED) is 0.387. The number of hydrogen-bond donors (Lipinski definition) is 1. The summed E-state index contributed by atoms with van der Waals surface area (Å²) in [5.74, 6) is 0. The molecule has 56 valence electrons. The molecule has 0 rings (SSSR count). The van der Waals surface area contributed by atoms with Crippen LogP contribution >= 0.6 is 7.86 Å². The van der Waals surface area contributed by atoms with Crippen LogP contribution in [0.15, 0.2) is 9.51 Å². The Balaban J connectivity index is 4.94. The Bertz CT molecular complexity index is 343. The molecule has 1 atom stereocenters. The van der Waals surface area contributed by atoms with Gasteiger partial charge in [-0.25, -0.2) is 5.41 Å². The summed E-state index contributed by atoms with van der Waals surface area (Å²) in [5, 5.41) is 31.4. The summed E-state index contributed by atoms with van der Waals surface area (Å²) in [6.07, 6.45) is 1.44. The van der Waals surface area contributed by atoms with Gasteiger partial charge in [-0.1, -0.05) is 0 Å². The predicted molar refractivity (Wildman–Crippen MR) is 40.1 cm³/mol. The summed E-state index contributed by atoms with van der Waals surface area (Å²) in [5.41, 5.74) is -1.07. The molecule has 0 aliphatic heterocycles. The van der Waals surface area contributed by atoms with Gasteiger partial charge in [0.05, 0.1) is 0 Å². The molecule has 0 radical (unpaired) electrons. The lowest BCUT2D eigenvalue weighted by atomic mass is 10.5. The molecular formula is C5H2N6P+. The first kappa shape index (κ1) is 9.95. The molecule has 0 bridgehead atoms. The first-order valence-corrected chi connectivity index (χ1v) is 3.92. The standard InChI is InChI=1S/C5H2N6P/c6-1-5(2-7)12(10-3-8)11-4-9/h5,8H/q+1. The number of nitrogens with one attached hydrogen (secondary N) is 1. The van der Waals surface area contributed by atoms with Crippen molar-refractivity contribution in [3.8, 4) is 18.3 Å². The Hall–Kier alpha value is -2.05. The fraction of sp³-hybridized carbons (Fsp3) is 0.200. The molecule has 0 fully saturated rings. The molecule has 0 heterocycles. The molecular weight excluding hydrogens is 175 g/mol. The van der Waals surface area contributed by atoms with Crippen LogP contribution in [0.2, 0.25) is 0 Å².